The fraction of sp³-hybridized carbons (Fsp3) is 0.286. The largest absolute Gasteiger partial charge is 0.314 e. The third kappa shape index (κ3) is 2.23. The lowest BCUT2D eigenvalue weighted by molar-refractivity contribution is 0.541. The summed E-state index contributed by atoms with van der Waals surface area (Å²) in [5, 5.41) is 2.74. The summed E-state index contributed by atoms with van der Waals surface area (Å²) < 4.78 is 24.8. The van der Waals surface area contributed by atoms with Gasteiger partial charge < -0.3 is 5.32 Å². The molecule has 0 atom stereocenters. The molecule has 0 aliphatic rings. The van der Waals surface area contributed by atoms with Crippen molar-refractivity contribution in [2.75, 3.05) is 7.05 Å². The molecule has 0 radical (unpaired) electrons. The molecular formula is C7H8F2N2. The maximum Gasteiger partial charge on any atom is 0.216 e. The molecule has 0 saturated heterocycles. The van der Waals surface area contributed by atoms with Gasteiger partial charge >= 0.3 is 0 Å². The average molecular weight is 158 g/mol. The Morgan fingerprint density at radius 1 is 1.45 bits per heavy atom. The molecule has 60 valence electrons. The molecule has 4 heteroatoms. The predicted molar refractivity (Wildman–Crippen MR) is 36.9 cm³/mol. The number of hydrogen-bond acceptors (Lipinski definition) is 2. The summed E-state index contributed by atoms with van der Waals surface area (Å²) >= 11 is 0. The zero-order chi connectivity index (χ0) is 8.27. The number of aromatic nitrogens is 1. The second-order valence-corrected chi connectivity index (χ2v) is 2.13. The Kier molecular flexibility index (Phi) is 2.48. The molecule has 0 aliphatic heterocycles. The van der Waals surface area contributed by atoms with E-state index in [-0.39, 0.29) is 0 Å². The highest BCUT2D eigenvalue weighted by molar-refractivity contribution is 5.06. The summed E-state index contributed by atoms with van der Waals surface area (Å²) in [6.07, 6.45) is 0. The molecule has 0 amide bonds. The molecule has 11 heavy (non-hydrogen) atoms. The van der Waals surface area contributed by atoms with E-state index in [0.717, 1.165) is 6.07 Å². The molecule has 0 aliphatic carbocycles. The molecular weight excluding hydrogens is 150 g/mol. The van der Waals surface area contributed by atoms with Crippen molar-refractivity contribution in [2.45, 2.75) is 6.54 Å². The molecule has 0 fully saturated rings. The lowest BCUT2D eigenvalue weighted by Gasteiger charge is -1.98. The number of rotatable bonds is 2. The van der Waals surface area contributed by atoms with Crippen LogP contribution in [0.25, 0.3) is 0 Å². The fourth-order valence-electron chi connectivity index (χ4n) is 0.788. The lowest BCUT2D eigenvalue weighted by Crippen LogP contribution is -2.07. The standard InChI is InChI=1S/C7H8F2N2/c1-10-4-6-2-5(8)3-7(9)11-6/h2-3,10H,4H2,1H3. The van der Waals surface area contributed by atoms with Crippen molar-refractivity contribution in [1.82, 2.24) is 10.3 Å². The summed E-state index contributed by atoms with van der Waals surface area (Å²) in [4.78, 5) is 3.45. The Morgan fingerprint density at radius 2 is 2.18 bits per heavy atom. The minimum Gasteiger partial charge on any atom is -0.314 e. The van der Waals surface area contributed by atoms with Gasteiger partial charge in [0.2, 0.25) is 5.95 Å². The molecule has 1 N–H and O–H groups in total. The minimum absolute atomic E-state index is 0.366. The van der Waals surface area contributed by atoms with Crippen LogP contribution in [0.1, 0.15) is 5.69 Å². The summed E-state index contributed by atoms with van der Waals surface area (Å²) in [5.41, 5.74) is 0.366. The molecule has 0 aromatic carbocycles. The number of hydrogen-bond donors (Lipinski definition) is 1. The molecule has 0 saturated carbocycles. The average Bonchev–Trinajstić information content (AvgIpc) is 1.85. The Balaban J connectivity index is 2.89. The van der Waals surface area contributed by atoms with E-state index in [2.05, 4.69) is 10.3 Å². The van der Waals surface area contributed by atoms with Crippen LogP contribution < -0.4 is 5.32 Å². The van der Waals surface area contributed by atoms with Gasteiger partial charge in [-0.1, -0.05) is 0 Å². The Bertz CT molecular complexity index is 230. The second kappa shape index (κ2) is 3.39. The highest BCUT2D eigenvalue weighted by Crippen LogP contribution is 2.02. The van der Waals surface area contributed by atoms with Gasteiger partial charge in [-0.3, -0.25) is 0 Å². The highest BCUT2D eigenvalue weighted by Gasteiger charge is 1.99. The molecule has 1 heterocycles. The summed E-state index contributed by atoms with van der Waals surface area (Å²) in [6.45, 7) is 0.370. The molecule has 1 aromatic heterocycles. The van der Waals surface area contributed by atoms with E-state index >= 15 is 0 Å². The van der Waals surface area contributed by atoms with Crippen molar-refractivity contribution in [3.05, 3.63) is 29.6 Å². The van der Waals surface area contributed by atoms with E-state index in [9.17, 15) is 8.78 Å². The van der Waals surface area contributed by atoms with Crippen LogP contribution in [0.4, 0.5) is 8.78 Å². The van der Waals surface area contributed by atoms with Gasteiger partial charge in [0.1, 0.15) is 5.82 Å². The van der Waals surface area contributed by atoms with Crippen LogP contribution in [0.15, 0.2) is 12.1 Å². The van der Waals surface area contributed by atoms with Crippen LogP contribution >= 0.6 is 0 Å². The van der Waals surface area contributed by atoms with E-state index < -0.39 is 11.8 Å². The topological polar surface area (TPSA) is 24.9 Å². The van der Waals surface area contributed by atoms with Crippen LogP contribution in [0, 0.1) is 11.8 Å². The molecule has 1 rings (SSSR count). The van der Waals surface area contributed by atoms with Crippen molar-refractivity contribution >= 4 is 0 Å². The van der Waals surface area contributed by atoms with Crippen molar-refractivity contribution in [3.8, 4) is 0 Å². The van der Waals surface area contributed by atoms with Gasteiger partial charge in [-0.2, -0.15) is 4.39 Å². The van der Waals surface area contributed by atoms with Gasteiger partial charge in [0.25, 0.3) is 0 Å². The Labute approximate surface area is 63.3 Å². The predicted octanol–water partition coefficient (Wildman–Crippen LogP) is 1.08. The zero-order valence-electron chi connectivity index (χ0n) is 6.06. The first kappa shape index (κ1) is 8.07. The van der Waals surface area contributed by atoms with Crippen molar-refractivity contribution in [2.24, 2.45) is 0 Å². The molecule has 1 aromatic rings. The lowest BCUT2D eigenvalue weighted by atomic mass is 10.3. The Morgan fingerprint density at radius 3 is 2.73 bits per heavy atom. The van der Waals surface area contributed by atoms with Gasteiger partial charge in [-0.15, -0.1) is 0 Å². The van der Waals surface area contributed by atoms with Gasteiger partial charge in [0, 0.05) is 12.6 Å². The molecule has 0 spiro atoms. The van der Waals surface area contributed by atoms with Crippen LogP contribution in [-0.4, -0.2) is 12.0 Å². The van der Waals surface area contributed by atoms with E-state index in [0.29, 0.717) is 12.2 Å². The van der Waals surface area contributed by atoms with Gasteiger partial charge in [-0.25, -0.2) is 9.37 Å². The van der Waals surface area contributed by atoms with Crippen molar-refractivity contribution in [1.29, 1.82) is 0 Å². The monoisotopic (exact) mass is 158 g/mol. The second-order valence-electron chi connectivity index (χ2n) is 2.13. The van der Waals surface area contributed by atoms with E-state index in [1.807, 2.05) is 0 Å². The number of nitrogens with zero attached hydrogens (tertiary/aromatic N) is 1. The smallest absolute Gasteiger partial charge is 0.216 e. The van der Waals surface area contributed by atoms with Crippen LogP contribution in [0.2, 0.25) is 0 Å². The first-order chi connectivity index (χ1) is 5.22. The molecule has 2 nitrogen and oxygen atoms in total. The van der Waals surface area contributed by atoms with Gasteiger partial charge in [0.15, 0.2) is 0 Å². The summed E-state index contributed by atoms with van der Waals surface area (Å²) in [6, 6.07) is 1.94. The van der Waals surface area contributed by atoms with Crippen LogP contribution in [0.5, 0.6) is 0 Å². The summed E-state index contributed by atoms with van der Waals surface area (Å²) in [5.74, 6) is -1.38. The zero-order valence-corrected chi connectivity index (χ0v) is 6.06. The third-order valence-corrected chi connectivity index (χ3v) is 1.17. The SMILES string of the molecule is CNCc1cc(F)cc(F)n1. The van der Waals surface area contributed by atoms with Crippen LogP contribution in [0.3, 0.4) is 0 Å². The normalized spacial score (nSPS) is 10.1. The highest BCUT2D eigenvalue weighted by atomic mass is 19.1. The first-order valence-electron chi connectivity index (χ1n) is 3.19. The van der Waals surface area contributed by atoms with Gasteiger partial charge in [-0.05, 0) is 13.1 Å². The quantitative estimate of drug-likeness (QED) is 0.651. The Hall–Kier alpha value is -1.03. The number of nitrogens with one attached hydrogen (secondary N) is 1. The maximum atomic E-state index is 12.4. The third-order valence-electron chi connectivity index (χ3n) is 1.17. The summed E-state index contributed by atoms with van der Waals surface area (Å²) in [7, 11) is 1.69. The number of pyridine rings is 1. The van der Waals surface area contributed by atoms with Crippen molar-refractivity contribution in [3.63, 3.8) is 0 Å². The molecule has 0 bridgehead atoms. The van der Waals surface area contributed by atoms with Gasteiger partial charge in [0.05, 0.1) is 5.69 Å². The van der Waals surface area contributed by atoms with Crippen LogP contribution in [-0.2, 0) is 6.54 Å². The van der Waals surface area contributed by atoms with E-state index in [4.69, 9.17) is 0 Å². The molecule has 0 unspecified atom stereocenters. The number of halogens is 2. The van der Waals surface area contributed by atoms with E-state index in [1.54, 1.807) is 7.05 Å². The first-order valence-corrected chi connectivity index (χ1v) is 3.19. The van der Waals surface area contributed by atoms with Crippen molar-refractivity contribution < 1.29 is 8.78 Å². The minimum atomic E-state index is -0.782. The maximum absolute atomic E-state index is 12.4. The van der Waals surface area contributed by atoms with E-state index in [1.165, 1.54) is 6.07 Å². The fourth-order valence-corrected chi connectivity index (χ4v) is 0.788.